The molecule has 1 aliphatic rings. The molecule has 3 aromatic carbocycles. The third-order valence-electron chi connectivity index (χ3n) is 6.54. The highest BCUT2D eigenvalue weighted by Crippen LogP contribution is 2.37. The monoisotopic (exact) mass is 645 g/mol. The minimum atomic E-state index is -4.82. The van der Waals surface area contributed by atoms with E-state index in [9.17, 15) is 34.8 Å². The van der Waals surface area contributed by atoms with E-state index in [1.807, 2.05) is 0 Å². The van der Waals surface area contributed by atoms with Crippen molar-refractivity contribution in [1.29, 1.82) is 0 Å². The summed E-state index contributed by atoms with van der Waals surface area (Å²) >= 11 is 6.17. The number of carbonyl (C=O) groups excluding carboxylic acids is 1. The Morgan fingerprint density at radius 2 is 1.64 bits per heavy atom. The van der Waals surface area contributed by atoms with Gasteiger partial charge in [0, 0.05) is 18.8 Å². The zero-order chi connectivity index (χ0) is 30.7. The molecule has 0 saturated carbocycles. The highest BCUT2D eigenvalue weighted by atomic mass is 35.5. The van der Waals surface area contributed by atoms with E-state index in [1.54, 1.807) is 6.07 Å². The maximum absolute atomic E-state index is 13.6. The van der Waals surface area contributed by atoms with Crippen molar-refractivity contribution in [3.05, 3.63) is 77.3 Å². The van der Waals surface area contributed by atoms with Crippen LogP contribution in [0.15, 0.2) is 76.5 Å². The van der Waals surface area contributed by atoms with Gasteiger partial charge in [-0.1, -0.05) is 36.2 Å². The third-order valence-corrected chi connectivity index (χ3v) is 10.6. The predicted molar refractivity (Wildman–Crippen MR) is 152 cm³/mol. The number of nitrogens with zero attached hydrogens (tertiary/aromatic N) is 2. The number of sulfonamides is 2. The Hall–Kier alpha value is -3.33. The van der Waals surface area contributed by atoms with Crippen molar-refractivity contribution in [2.45, 2.75) is 35.2 Å². The van der Waals surface area contributed by atoms with Crippen LogP contribution in [-0.4, -0.2) is 53.8 Å². The Bertz CT molecular complexity index is 1660. The van der Waals surface area contributed by atoms with Gasteiger partial charge in [-0.3, -0.25) is 9.10 Å². The molecule has 3 aromatic rings. The Balaban J connectivity index is 1.70. The molecule has 1 N–H and O–H groups in total. The number of hydrogen-bond donors (Lipinski definition) is 1. The summed E-state index contributed by atoms with van der Waals surface area (Å²) in [6.45, 7) is -0.323. The van der Waals surface area contributed by atoms with Crippen LogP contribution in [0.5, 0.6) is 5.75 Å². The maximum atomic E-state index is 13.6. The number of methoxy groups -OCH3 is 1. The number of nitrogens with one attached hydrogen (secondary N) is 1. The second-order valence-corrected chi connectivity index (χ2v) is 13.5. The largest absolute Gasteiger partial charge is 0.495 e. The fourth-order valence-electron chi connectivity index (χ4n) is 4.43. The lowest BCUT2D eigenvalue weighted by Gasteiger charge is -2.27. The highest BCUT2D eigenvalue weighted by Gasteiger charge is 2.35. The quantitative estimate of drug-likeness (QED) is 0.335. The van der Waals surface area contributed by atoms with E-state index in [0.717, 1.165) is 12.5 Å². The van der Waals surface area contributed by atoms with E-state index >= 15 is 0 Å². The Morgan fingerprint density at radius 3 is 2.26 bits per heavy atom. The number of rotatable bonds is 9. The zero-order valence-electron chi connectivity index (χ0n) is 22.3. The number of ether oxygens (including phenoxy) is 1. The first-order valence-corrected chi connectivity index (χ1v) is 15.9. The maximum Gasteiger partial charge on any atom is 0.416 e. The third kappa shape index (κ3) is 6.83. The smallest absolute Gasteiger partial charge is 0.416 e. The average Bonchev–Trinajstić information content (AvgIpc) is 2.96. The summed E-state index contributed by atoms with van der Waals surface area (Å²) in [7, 11) is -7.27. The Labute approximate surface area is 246 Å². The SMILES string of the molecule is COc1ccc(NC(=O)CN(c2cc(C(F)(F)F)ccc2Cl)S(=O)(=O)c2ccccc2)cc1S(=O)(=O)N1CCCCC1. The first-order chi connectivity index (χ1) is 19.7. The minimum absolute atomic E-state index is 0.00332. The van der Waals surface area contributed by atoms with Crippen LogP contribution >= 0.6 is 11.6 Å². The van der Waals surface area contributed by atoms with Crippen LogP contribution in [0.2, 0.25) is 5.02 Å². The average molecular weight is 646 g/mol. The van der Waals surface area contributed by atoms with Gasteiger partial charge in [-0.05, 0) is 61.4 Å². The fraction of sp³-hybridized carbons (Fsp3) is 0.296. The lowest BCUT2D eigenvalue weighted by Crippen LogP contribution is -2.38. The van der Waals surface area contributed by atoms with Gasteiger partial charge >= 0.3 is 6.18 Å². The van der Waals surface area contributed by atoms with Crippen LogP contribution in [0.4, 0.5) is 24.5 Å². The van der Waals surface area contributed by atoms with Gasteiger partial charge in [-0.25, -0.2) is 16.8 Å². The molecule has 4 rings (SSSR count). The lowest BCUT2D eigenvalue weighted by molar-refractivity contribution is -0.137. The summed E-state index contributed by atoms with van der Waals surface area (Å²) in [5.74, 6) is -0.919. The number of anilines is 2. The summed E-state index contributed by atoms with van der Waals surface area (Å²) < 4.78 is 101. The number of hydrogen-bond acceptors (Lipinski definition) is 6. The predicted octanol–water partition coefficient (Wildman–Crippen LogP) is 5.38. The van der Waals surface area contributed by atoms with Crippen molar-refractivity contribution in [2.24, 2.45) is 0 Å². The molecule has 0 aliphatic carbocycles. The van der Waals surface area contributed by atoms with Crippen molar-refractivity contribution in [2.75, 3.05) is 36.4 Å². The van der Waals surface area contributed by atoms with Gasteiger partial charge in [0.1, 0.15) is 17.2 Å². The van der Waals surface area contributed by atoms with E-state index in [2.05, 4.69) is 5.32 Å². The van der Waals surface area contributed by atoms with Crippen LogP contribution in [0.1, 0.15) is 24.8 Å². The van der Waals surface area contributed by atoms with Gasteiger partial charge in [0.2, 0.25) is 15.9 Å². The molecule has 0 bridgehead atoms. The molecular formula is C27H27ClF3N3O6S2. The van der Waals surface area contributed by atoms with Gasteiger partial charge in [-0.2, -0.15) is 17.5 Å². The van der Waals surface area contributed by atoms with Crippen LogP contribution in [-0.2, 0) is 31.0 Å². The molecule has 1 aliphatic heterocycles. The molecule has 1 saturated heterocycles. The molecule has 1 fully saturated rings. The molecule has 9 nitrogen and oxygen atoms in total. The molecule has 0 spiro atoms. The molecule has 1 heterocycles. The second-order valence-electron chi connectivity index (χ2n) is 9.37. The Kier molecular flexibility index (Phi) is 9.40. The second kappa shape index (κ2) is 12.5. The topological polar surface area (TPSA) is 113 Å². The minimum Gasteiger partial charge on any atom is -0.495 e. The first-order valence-electron chi connectivity index (χ1n) is 12.7. The van der Waals surface area contributed by atoms with Gasteiger partial charge in [0.25, 0.3) is 10.0 Å². The first kappa shape index (κ1) is 31.6. The molecule has 0 unspecified atom stereocenters. The number of alkyl halides is 3. The summed E-state index contributed by atoms with van der Waals surface area (Å²) in [4.78, 5) is 12.7. The van der Waals surface area contributed by atoms with Gasteiger partial charge in [0.05, 0.1) is 28.3 Å². The van der Waals surface area contributed by atoms with Crippen LogP contribution in [0, 0.1) is 0 Å². The van der Waals surface area contributed by atoms with Crippen molar-refractivity contribution in [1.82, 2.24) is 4.31 Å². The standard InChI is InChI=1S/C27H27ClF3N3O6S2/c1-40-24-13-11-20(17-25(24)42(38,39)33-14-6-3-7-15-33)32-26(35)18-34(41(36,37)21-8-4-2-5-9-21)23-16-19(27(29,30)31)10-12-22(23)28/h2,4-5,8-13,16-17H,3,6-7,14-15,18H2,1H3,(H,32,35). The van der Waals surface area contributed by atoms with Crippen molar-refractivity contribution >= 4 is 48.9 Å². The van der Waals surface area contributed by atoms with E-state index < -0.39 is 49.9 Å². The van der Waals surface area contributed by atoms with E-state index in [-0.39, 0.29) is 26.3 Å². The molecule has 0 radical (unpaired) electrons. The van der Waals surface area contributed by atoms with Gasteiger partial charge < -0.3 is 10.1 Å². The molecule has 1 amide bonds. The molecule has 0 aromatic heterocycles. The fourth-order valence-corrected chi connectivity index (χ4v) is 7.85. The zero-order valence-corrected chi connectivity index (χ0v) is 24.7. The van der Waals surface area contributed by atoms with Crippen LogP contribution < -0.4 is 14.4 Å². The van der Waals surface area contributed by atoms with Crippen molar-refractivity contribution < 1.29 is 39.5 Å². The molecule has 226 valence electrons. The Morgan fingerprint density at radius 1 is 0.976 bits per heavy atom. The van der Waals surface area contributed by atoms with Crippen LogP contribution in [0.25, 0.3) is 0 Å². The normalized spacial score (nSPS) is 14.8. The van der Waals surface area contributed by atoms with E-state index in [0.29, 0.717) is 42.4 Å². The number of amides is 1. The molecule has 15 heteroatoms. The van der Waals surface area contributed by atoms with Gasteiger partial charge in [-0.15, -0.1) is 0 Å². The van der Waals surface area contributed by atoms with E-state index in [1.165, 1.54) is 53.9 Å². The summed E-state index contributed by atoms with van der Waals surface area (Å²) in [5, 5.41) is 2.11. The summed E-state index contributed by atoms with van der Waals surface area (Å²) in [5.41, 5.74) is -1.73. The van der Waals surface area contributed by atoms with E-state index in [4.69, 9.17) is 16.3 Å². The van der Waals surface area contributed by atoms with Crippen molar-refractivity contribution in [3.8, 4) is 5.75 Å². The summed E-state index contributed by atoms with van der Waals surface area (Å²) in [6.07, 6.45) is -2.52. The molecule has 42 heavy (non-hydrogen) atoms. The van der Waals surface area contributed by atoms with Crippen LogP contribution in [0.3, 0.4) is 0 Å². The number of piperidine rings is 1. The highest BCUT2D eigenvalue weighted by molar-refractivity contribution is 7.93. The summed E-state index contributed by atoms with van der Waals surface area (Å²) in [6, 6.07) is 12.9. The molecular weight excluding hydrogens is 619 g/mol. The van der Waals surface area contributed by atoms with Crippen molar-refractivity contribution in [3.63, 3.8) is 0 Å². The number of carbonyl (C=O) groups is 1. The lowest BCUT2D eigenvalue weighted by atomic mass is 10.2. The molecule has 0 atom stereocenters. The van der Waals surface area contributed by atoms with Gasteiger partial charge in [0.15, 0.2) is 0 Å². The number of benzene rings is 3. The number of halogens is 4.